The van der Waals surface area contributed by atoms with Gasteiger partial charge < -0.3 is 9.42 Å². The molecule has 5 nitrogen and oxygen atoms in total. The van der Waals surface area contributed by atoms with Crippen molar-refractivity contribution in [2.24, 2.45) is 0 Å². The minimum atomic E-state index is -4.31. The average Bonchev–Trinajstić information content (AvgIpc) is 3.22. The molecule has 3 rings (SSSR count). The number of carbonyl (C=O) groups excluding carboxylic acids is 1. The van der Waals surface area contributed by atoms with Crippen LogP contribution in [-0.4, -0.2) is 40.2 Å². The van der Waals surface area contributed by atoms with Crippen LogP contribution in [0.3, 0.4) is 0 Å². The number of thiophene rings is 1. The Morgan fingerprint density at radius 2 is 2.29 bits per heavy atom. The van der Waals surface area contributed by atoms with Crippen molar-refractivity contribution >= 4 is 17.2 Å². The van der Waals surface area contributed by atoms with E-state index in [-0.39, 0.29) is 5.92 Å². The summed E-state index contributed by atoms with van der Waals surface area (Å²) in [6.45, 7) is 0.794. The predicted octanol–water partition coefficient (Wildman–Crippen LogP) is 3.85. The van der Waals surface area contributed by atoms with E-state index in [2.05, 4.69) is 10.1 Å². The third-order valence-electron chi connectivity index (χ3n) is 3.93. The molecule has 0 radical (unpaired) electrons. The smallest absolute Gasteiger partial charge is 0.342 e. The van der Waals surface area contributed by atoms with Gasteiger partial charge in [-0.15, -0.1) is 11.3 Å². The van der Waals surface area contributed by atoms with Crippen molar-refractivity contribution in [1.82, 2.24) is 15.0 Å². The maximum Gasteiger partial charge on any atom is 0.389 e. The lowest BCUT2D eigenvalue weighted by Crippen LogP contribution is -2.39. The molecule has 1 aliphatic rings. The van der Waals surface area contributed by atoms with Gasteiger partial charge in [-0.1, -0.05) is 11.2 Å². The van der Waals surface area contributed by atoms with Gasteiger partial charge in [0.15, 0.2) is 0 Å². The molecule has 0 N–H and O–H groups in total. The summed E-state index contributed by atoms with van der Waals surface area (Å²) in [7, 11) is 0. The van der Waals surface area contributed by atoms with E-state index in [0.717, 1.165) is 11.3 Å². The van der Waals surface area contributed by atoms with Crippen molar-refractivity contribution in [2.45, 2.75) is 37.8 Å². The topological polar surface area (TPSA) is 59.2 Å². The van der Waals surface area contributed by atoms with Crippen LogP contribution in [0.15, 0.2) is 22.0 Å². The van der Waals surface area contributed by atoms with E-state index in [1.807, 2.05) is 17.5 Å². The van der Waals surface area contributed by atoms with Crippen molar-refractivity contribution in [2.75, 3.05) is 13.1 Å². The first-order valence-electron chi connectivity index (χ1n) is 7.64. The highest BCUT2D eigenvalue weighted by Crippen LogP contribution is 2.30. The molecule has 24 heavy (non-hydrogen) atoms. The van der Waals surface area contributed by atoms with Crippen LogP contribution in [0.5, 0.6) is 0 Å². The van der Waals surface area contributed by atoms with E-state index < -0.39 is 24.9 Å². The van der Waals surface area contributed by atoms with E-state index in [9.17, 15) is 18.0 Å². The maximum atomic E-state index is 12.3. The van der Waals surface area contributed by atoms with Crippen LogP contribution in [0, 0.1) is 0 Å². The molecule has 9 heteroatoms. The molecule has 0 aromatic carbocycles. The predicted molar refractivity (Wildman–Crippen MR) is 81.5 cm³/mol. The van der Waals surface area contributed by atoms with E-state index in [1.165, 1.54) is 16.2 Å². The van der Waals surface area contributed by atoms with Gasteiger partial charge in [-0.3, -0.25) is 4.79 Å². The van der Waals surface area contributed by atoms with Gasteiger partial charge in [-0.2, -0.15) is 18.2 Å². The molecule has 0 bridgehead atoms. The monoisotopic (exact) mass is 359 g/mol. The highest BCUT2D eigenvalue weighted by atomic mass is 32.1. The third kappa shape index (κ3) is 4.14. The van der Waals surface area contributed by atoms with Gasteiger partial charge in [0, 0.05) is 19.5 Å². The van der Waals surface area contributed by atoms with E-state index in [4.69, 9.17) is 4.52 Å². The van der Waals surface area contributed by atoms with Crippen molar-refractivity contribution in [3.05, 3.63) is 23.4 Å². The minimum absolute atomic E-state index is 0.130. The Morgan fingerprint density at radius 3 is 3.00 bits per heavy atom. The van der Waals surface area contributed by atoms with Crippen molar-refractivity contribution in [3.8, 4) is 10.7 Å². The SMILES string of the molecule is O=C(CCC(F)(F)F)N1CCC[C@H](c2nc(-c3cccs3)no2)C1. The fourth-order valence-electron chi connectivity index (χ4n) is 2.72. The molecular formula is C15H16F3N3O2S. The summed E-state index contributed by atoms with van der Waals surface area (Å²) in [5, 5.41) is 5.85. The van der Waals surface area contributed by atoms with Crippen LogP contribution in [-0.2, 0) is 4.79 Å². The molecule has 3 heterocycles. The van der Waals surface area contributed by atoms with Gasteiger partial charge in [0.2, 0.25) is 17.6 Å². The van der Waals surface area contributed by atoms with Crippen molar-refractivity contribution in [3.63, 3.8) is 0 Å². The molecule has 0 aliphatic carbocycles. The second kappa shape index (κ2) is 6.92. The number of alkyl halides is 3. The molecule has 2 aromatic rings. The van der Waals surface area contributed by atoms with Gasteiger partial charge in [-0.05, 0) is 24.3 Å². The summed E-state index contributed by atoms with van der Waals surface area (Å²) in [6.07, 6.45) is -4.43. The van der Waals surface area contributed by atoms with E-state index in [0.29, 0.717) is 31.2 Å². The maximum absolute atomic E-state index is 12.3. The Bertz CT molecular complexity index is 684. The number of rotatable bonds is 4. The zero-order chi connectivity index (χ0) is 17.2. The molecule has 0 saturated carbocycles. The highest BCUT2D eigenvalue weighted by molar-refractivity contribution is 7.13. The number of nitrogens with zero attached hydrogens (tertiary/aromatic N) is 3. The number of likely N-dealkylation sites (tertiary alicyclic amines) is 1. The zero-order valence-electron chi connectivity index (χ0n) is 12.8. The van der Waals surface area contributed by atoms with Gasteiger partial charge in [0.25, 0.3) is 0 Å². The molecule has 1 saturated heterocycles. The molecule has 1 fully saturated rings. The van der Waals surface area contributed by atoms with Crippen LogP contribution in [0.1, 0.15) is 37.5 Å². The molecule has 1 atom stereocenters. The van der Waals surface area contributed by atoms with Crippen molar-refractivity contribution in [1.29, 1.82) is 0 Å². The van der Waals surface area contributed by atoms with Crippen LogP contribution in [0.25, 0.3) is 10.7 Å². The first kappa shape index (κ1) is 16.9. The summed E-state index contributed by atoms with van der Waals surface area (Å²) >= 11 is 1.49. The summed E-state index contributed by atoms with van der Waals surface area (Å²) < 4.78 is 42.1. The molecule has 0 spiro atoms. The second-order valence-corrected chi connectivity index (χ2v) is 6.68. The van der Waals surface area contributed by atoms with Crippen LogP contribution in [0.4, 0.5) is 13.2 Å². The second-order valence-electron chi connectivity index (χ2n) is 5.73. The van der Waals surface area contributed by atoms with Gasteiger partial charge in [-0.25, -0.2) is 0 Å². The zero-order valence-corrected chi connectivity index (χ0v) is 13.6. The minimum Gasteiger partial charge on any atom is -0.342 e. The molecule has 1 amide bonds. The summed E-state index contributed by atoms with van der Waals surface area (Å²) in [6, 6.07) is 3.77. The Labute approximate surface area is 140 Å². The number of halogens is 3. The van der Waals surface area contributed by atoms with Crippen LogP contribution < -0.4 is 0 Å². The normalized spacial score (nSPS) is 18.8. The summed E-state index contributed by atoms with van der Waals surface area (Å²) in [4.78, 5) is 18.7. The van der Waals surface area contributed by atoms with Gasteiger partial charge in [0.1, 0.15) is 0 Å². The van der Waals surface area contributed by atoms with Gasteiger partial charge in [0.05, 0.1) is 17.2 Å². The lowest BCUT2D eigenvalue weighted by Gasteiger charge is -2.31. The Morgan fingerprint density at radius 1 is 1.46 bits per heavy atom. The van der Waals surface area contributed by atoms with E-state index >= 15 is 0 Å². The first-order chi connectivity index (χ1) is 11.4. The standard InChI is InChI=1S/C15H16F3N3O2S/c16-15(17,18)6-5-12(22)21-7-1-3-10(9-21)14-19-13(20-23-14)11-4-2-8-24-11/h2,4,8,10H,1,3,5-7,9H2/t10-/m0/s1. The molecule has 0 unspecified atom stereocenters. The Hall–Kier alpha value is -1.90. The first-order valence-corrected chi connectivity index (χ1v) is 8.52. The van der Waals surface area contributed by atoms with Crippen LogP contribution >= 0.6 is 11.3 Å². The highest BCUT2D eigenvalue weighted by Gasteiger charge is 2.32. The number of carbonyl (C=O) groups is 1. The Kier molecular flexibility index (Phi) is 4.88. The number of amides is 1. The third-order valence-corrected chi connectivity index (χ3v) is 4.79. The number of piperidine rings is 1. The Balaban J connectivity index is 1.62. The average molecular weight is 359 g/mol. The van der Waals surface area contributed by atoms with Crippen molar-refractivity contribution < 1.29 is 22.5 Å². The molecule has 130 valence electrons. The lowest BCUT2D eigenvalue weighted by molar-refractivity contribution is -0.149. The quantitative estimate of drug-likeness (QED) is 0.832. The fourth-order valence-corrected chi connectivity index (χ4v) is 3.37. The number of hydrogen-bond donors (Lipinski definition) is 0. The summed E-state index contributed by atoms with van der Waals surface area (Å²) in [5.74, 6) is 0.331. The largest absolute Gasteiger partial charge is 0.389 e. The molecule has 1 aliphatic heterocycles. The lowest BCUT2D eigenvalue weighted by atomic mass is 9.97. The fraction of sp³-hybridized carbons (Fsp3) is 0.533. The van der Waals surface area contributed by atoms with E-state index in [1.54, 1.807) is 0 Å². The number of hydrogen-bond acceptors (Lipinski definition) is 5. The molecule has 2 aromatic heterocycles. The number of aromatic nitrogens is 2. The summed E-state index contributed by atoms with van der Waals surface area (Å²) in [5.41, 5.74) is 0. The van der Waals surface area contributed by atoms with Crippen LogP contribution in [0.2, 0.25) is 0 Å². The molecular weight excluding hydrogens is 343 g/mol. The van der Waals surface area contributed by atoms with Gasteiger partial charge >= 0.3 is 6.18 Å².